The van der Waals surface area contributed by atoms with Crippen LogP contribution in [-0.2, 0) is 4.79 Å². The van der Waals surface area contributed by atoms with Gasteiger partial charge in [-0.3, -0.25) is 9.78 Å². The van der Waals surface area contributed by atoms with E-state index in [9.17, 15) is 4.79 Å². The molecule has 200 valence electrons. The van der Waals surface area contributed by atoms with E-state index < -0.39 is 0 Å². The van der Waals surface area contributed by atoms with Crippen LogP contribution in [0.1, 0.15) is 24.1 Å². The van der Waals surface area contributed by atoms with Crippen molar-refractivity contribution >= 4 is 49.9 Å². The normalized spacial score (nSPS) is 14.2. The van der Waals surface area contributed by atoms with E-state index in [-0.39, 0.29) is 12.0 Å². The molecule has 1 atom stereocenters. The summed E-state index contributed by atoms with van der Waals surface area (Å²) in [7, 11) is 1.53. The first-order valence-corrected chi connectivity index (χ1v) is 13.4. The molecule has 0 saturated heterocycles. The lowest BCUT2D eigenvalue weighted by Gasteiger charge is -2.27. The Morgan fingerprint density at radius 2 is 2.05 bits per heavy atom. The van der Waals surface area contributed by atoms with Crippen molar-refractivity contribution in [3.63, 3.8) is 0 Å². The van der Waals surface area contributed by atoms with Crippen LogP contribution in [0.25, 0.3) is 36.7 Å². The van der Waals surface area contributed by atoms with Crippen molar-refractivity contribution in [3.8, 4) is 28.0 Å². The Balaban J connectivity index is 1.25. The lowest BCUT2D eigenvalue weighted by atomic mass is 10.1. The zero-order valence-electron chi connectivity index (χ0n) is 22.0. The van der Waals surface area contributed by atoms with Crippen LogP contribution in [0, 0.1) is 20.4 Å². The molecule has 0 saturated carbocycles. The monoisotopic (exact) mass is 552 g/mol. The maximum atomic E-state index is 12.4. The average molecular weight is 553 g/mol. The number of carbonyl (C=O) groups is 1. The lowest BCUT2D eigenvalue weighted by molar-refractivity contribution is -0.116. The third-order valence-electron chi connectivity index (χ3n) is 6.55. The summed E-state index contributed by atoms with van der Waals surface area (Å²) in [6, 6.07) is 9.08. The second-order valence-electron chi connectivity index (χ2n) is 9.43. The Bertz CT molecular complexity index is 1810. The maximum absolute atomic E-state index is 12.4. The van der Waals surface area contributed by atoms with Crippen molar-refractivity contribution in [2.75, 3.05) is 19.0 Å². The summed E-state index contributed by atoms with van der Waals surface area (Å²) in [4.78, 5) is 34.2. The van der Waals surface area contributed by atoms with E-state index in [1.807, 2.05) is 32.0 Å². The predicted octanol–water partition coefficient (Wildman–Crippen LogP) is 6.04. The van der Waals surface area contributed by atoms with Gasteiger partial charge in [-0.15, -0.1) is 11.3 Å². The molecule has 1 aliphatic heterocycles. The summed E-state index contributed by atoms with van der Waals surface area (Å²) < 4.78 is 18.5. The molecule has 0 aliphatic carbocycles. The zero-order valence-corrected chi connectivity index (χ0v) is 22.8. The van der Waals surface area contributed by atoms with Crippen LogP contribution in [-0.4, -0.2) is 45.7 Å². The highest BCUT2D eigenvalue weighted by Crippen LogP contribution is 2.46. The summed E-state index contributed by atoms with van der Waals surface area (Å²) >= 11 is 1.46. The number of hydrogen-bond donors (Lipinski definition) is 1. The molecule has 10 nitrogen and oxygen atoms in total. The minimum Gasteiger partial charge on any atom is -0.484 e. The van der Waals surface area contributed by atoms with E-state index in [0.29, 0.717) is 64.2 Å². The molecule has 0 unspecified atom stereocenters. The van der Waals surface area contributed by atoms with Crippen molar-refractivity contribution in [2.24, 2.45) is 0 Å². The van der Waals surface area contributed by atoms with Crippen LogP contribution in [0.2, 0.25) is 0 Å². The number of aromatic nitrogens is 4. The zero-order chi connectivity index (χ0) is 27.8. The van der Waals surface area contributed by atoms with Crippen LogP contribution in [0.15, 0.2) is 42.7 Å². The van der Waals surface area contributed by atoms with Crippen molar-refractivity contribution in [1.29, 1.82) is 0 Å². The van der Waals surface area contributed by atoms with E-state index in [2.05, 4.69) is 25.1 Å². The largest absolute Gasteiger partial charge is 0.484 e. The number of amides is 1. The maximum Gasteiger partial charge on any atom is 0.232 e. The van der Waals surface area contributed by atoms with Gasteiger partial charge in [-0.25, -0.2) is 19.8 Å². The quantitative estimate of drug-likeness (QED) is 0.254. The first-order chi connectivity index (χ1) is 19.4. The molecule has 0 spiro atoms. The van der Waals surface area contributed by atoms with Gasteiger partial charge in [-0.2, -0.15) is 0 Å². The molecule has 2 aromatic carbocycles. The van der Waals surface area contributed by atoms with E-state index in [4.69, 9.17) is 25.8 Å². The molecule has 5 aromatic rings. The minimum atomic E-state index is -0.261. The average Bonchev–Trinajstić information content (AvgIpc) is 3.42. The van der Waals surface area contributed by atoms with Crippen LogP contribution in [0.4, 0.5) is 11.4 Å². The van der Waals surface area contributed by atoms with Crippen molar-refractivity contribution in [3.05, 3.63) is 65.4 Å². The van der Waals surface area contributed by atoms with Gasteiger partial charge < -0.3 is 19.5 Å². The third kappa shape index (κ3) is 4.85. The van der Waals surface area contributed by atoms with Gasteiger partial charge in [-0.1, -0.05) is 0 Å². The summed E-state index contributed by atoms with van der Waals surface area (Å²) in [5.41, 5.74) is 5.65. The van der Waals surface area contributed by atoms with Crippen molar-refractivity contribution < 1.29 is 19.0 Å². The fourth-order valence-electron chi connectivity index (χ4n) is 4.53. The SMILES string of the molecule is [C-]#[N+]c1cc(-c2nc3c(C)cc4c(c3s2)OC[C@H](CCC(=O)Nc2ccc(C)nc2)O4)c2ncc(OC)nc2c1. The van der Waals surface area contributed by atoms with Crippen molar-refractivity contribution in [1.82, 2.24) is 19.9 Å². The Morgan fingerprint density at radius 3 is 2.83 bits per heavy atom. The van der Waals surface area contributed by atoms with E-state index in [1.54, 1.807) is 24.5 Å². The number of carbonyl (C=O) groups excluding carboxylic acids is 1. The van der Waals surface area contributed by atoms with Crippen LogP contribution >= 0.6 is 11.3 Å². The van der Waals surface area contributed by atoms with Crippen LogP contribution in [0.5, 0.6) is 17.4 Å². The molecule has 3 aromatic heterocycles. The second-order valence-corrected chi connectivity index (χ2v) is 10.4. The summed E-state index contributed by atoms with van der Waals surface area (Å²) in [6.45, 7) is 11.7. The van der Waals surface area contributed by atoms with E-state index >= 15 is 0 Å². The minimum absolute atomic E-state index is 0.103. The first-order valence-electron chi connectivity index (χ1n) is 12.6. The van der Waals surface area contributed by atoms with Gasteiger partial charge in [-0.05, 0) is 56.2 Å². The Labute approximate surface area is 233 Å². The number of nitrogens with one attached hydrogen (secondary N) is 1. The number of rotatable bonds is 6. The predicted molar refractivity (Wildman–Crippen MR) is 152 cm³/mol. The first kappa shape index (κ1) is 25.5. The van der Waals surface area contributed by atoms with Gasteiger partial charge in [0.15, 0.2) is 17.2 Å². The molecular formula is C29H24N6O4S. The number of thiazole rings is 1. The second kappa shape index (κ2) is 10.4. The highest BCUT2D eigenvalue weighted by molar-refractivity contribution is 7.22. The van der Waals surface area contributed by atoms with E-state index in [0.717, 1.165) is 27.0 Å². The molecule has 0 radical (unpaired) electrons. The van der Waals surface area contributed by atoms with Crippen LogP contribution in [0.3, 0.4) is 0 Å². The summed E-state index contributed by atoms with van der Waals surface area (Å²) in [6.07, 6.45) is 3.74. The molecule has 6 rings (SSSR count). The lowest BCUT2D eigenvalue weighted by Crippen LogP contribution is -2.30. The number of fused-ring (bicyclic) bond motifs is 4. The van der Waals surface area contributed by atoms with Gasteiger partial charge in [0.25, 0.3) is 0 Å². The molecular weight excluding hydrogens is 528 g/mol. The van der Waals surface area contributed by atoms with Gasteiger partial charge >= 0.3 is 0 Å². The van der Waals surface area contributed by atoms with Gasteiger partial charge in [0.05, 0.1) is 48.3 Å². The number of anilines is 1. The summed E-state index contributed by atoms with van der Waals surface area (Å²) in [5.74, 6) is 1.53. The van der Waals surface area contributed by atoms with Gasteiger partial charge in [0.1, 0.15) is 22.4 Å². The van der Waals surface area contributed by atoms with Gasteiger partial charge in [0, 0.05) is 17.7 Å². The highest BCUT2D eigenvalue weighted by Gasteiger charge is 2.27. The topological polar surface area (TPSA) is 113 Å². The van der Waals surface area contributed by atoms with Crippen LogP contribution < -0.4 is 19.5 Å². The third-order valence-corrected chi connectivity index (χ3v) is 7.64. The number of ether oxygens (including phenoxy) is 3. The highest BCUT2D eigenvalue weighted by atomic mass is 32.1. The molecule has 11 heteroatoms. The van der Waals surface area contributed by atoms with Crippen molar-refractivity contribution in [2.45, 2.75) is 32.8 Å². The Kier molecular flexibility index (Phi) is 6.61. The fraction of sp³-hybridized carbons (Fsp3) is 0.241. The smallest absolute Gasteiger partial charge is 0.232 e. The van der Waals surface area contributed by atoms with E-state index in [1.165, 1.54) is 18.4 Å². The number of nitrogens with zero attached hydrogens (tertiary/aromatic N) is 5. The number of hydrogen-bond acceptors (Lipinski definition) is 9. The molecule has 40 heavy (non-hydrogen) atoms. The summed E-state index contributed by atoms with van der Waals surface area (Å²) in [5, 5.41) is 3.57. The number of aryl methyl sites for hydroxylation is 2. The molecule has 0 bridgehead atoms. The molecule has 1 N–H and O–H groups in total. The molecule has 4 heterocycles. The Morgan fingerprint density at radius 1 is 1.18 bits per heavy atom. The number of benzene rings is 2. The number of methoxy groups -OCH3 is 1. The fourth-order valence-corrected chi connectivity index (χ4v) is 5.68. The van der Waals surface area contributed by atoms with Gasteiger partial charge in [0.2, 0.25) is 11.8 Å². The standard InChI is InChI=1S/C29H24N6O4S/c1-15-9-22-27(38-14-19(39-22)7-8-23(36)33-17-6-5-16(2)31-12-17)28-25(15)35-29(40-28)20-10-18(30-3)11-21-26(20)32-13-24(34-21)37-4/h5-6,9-13,19H,7-8,14H2,1-2,4H3,(H,33,36)/t19-/m0/s1. The molecule has 1 aliphatic rings. The molecule has 0 fully saturated rings. The number of pyridine rings is 1. The Hall–Kier alpha value is -4.82. The molecule has 1 amide bonds.